The molecule has 6 nitrogen and oxygen atoms in total. The fourth-order valence-corrected chi connectivity index (χ4v) is 2.73. The van der Waals surface area contributed by atoms with E-state index in [0.29, 0.717) is 38.3 Å². The zero-order valence-electron chi connectivity index (χ0n) is 13.8. The predicted molar refractivity (Wildman–Crippen MR) is 92.4 cm³/mol. The third kappa shape index (κ3) is 3.65. The standard InChI is InChI=1S/C18H22N4O2/c1-23-15-4-2-13(3-5-15)11-22-12-14(10-21-22)18(20)16-6-8-24-9-7-17(16)19/h2-5,10,12,20H,6-9,11,19H2,1H3. The highest BCUT2D eigenvalue weighted by Crippen LogP contribution is 2.19. The van der Waals surface area contributed by atoms with Crippen LogP contribution in [-0.2, 0) is 11.3 Å². The van der Waals surface area contributed by atoms with Gasteiger partial charge in [0.05, 0.1) is 38.8 Å². The average Bonchev–Trinajstić information content (AvgIpc) is 2.96. The summed E-state index contributed by atoms with van der Waals surface area (Å²) in [7, 11) is 1.65. The van der Waals surface area contributed by atoms with E-state index in [1.807, 2.05) is 35.1 Å². The summed E-state index contributed by atoms with van der Waals surface area (Å²) in [5.41, 5.74) is 10.1. The highest BCUT2D eigenvalue weighted by atomic mass is 16.5. The zero-order chi connectivity index (χ0) is 16.9. The molecule has 1 aromatic heterocycles. The normalized spacial score (nSPS) is 15.2. The van der Waals surface area contributed by atoms with Crippen LogP contribution in [0.3, 0.4) is 0 Å². The molecule has 1 aliphatic rings. The van der Waals surface area contributed by atoms with Crippen LogP contribution in [-0.4, -0.2) is 35.8 Å². The van der Waals surface area contributed by atoms with Gasteiger partial charge in [0.25, 0.3) is 0 Å². The van der Waals surface area contributed by atoms with E-state index < -0.39 is 0 Å². The summed E-state index contributed by atoms with van der Waals surface area (Å²) in [5, 5.41) is 12.8. The maximum absolute atomic E-state index is 8.43. The number of methoxy groups -OCH3 is 1. The fraction of sp³-hybridized carbons (Fsp3) is 0.333. The Balaban J connectivity index is 1.73. The third-order valence-corrected chi connectivity index (χ3v) is 4.13. The highest BCUT2D eigenvalue weighted by Gasteiger charge is 2.16. The second-order valence-corrected chi connectivity index (χ2v) is 5.77. The van der Waals surface area contributed by atoms with Gasteiger partial charge in [-0.15, -0.1) is 0 Å². The SMILES string of the molecule is COc1ccc(Cn2cc(C(=N)C3=C(N)CCOCC3)cn2)cc1. The van der Waals surface area contributed by atoms with Crippen molar-refractivity contribution in [3.8, 4) is 5.75 Å². The first-order valence-electron chi connectivity index (χ1n) is 7.97. The molecule has 0 fully saturated rings. The second-order valence-electron chi connectivity index (χ2n) is 5.77. The molecule has 2 heterocycles. The Hall–Kier alpha value is -2.60. The van der Waals surface area contributed by atoms with E-state index in [4.69, 9.17) is 20.6 Å². The van der Waals surface area contributed by atoms with Crippen LogP contribution in [0.5, 0.6) is 5.75 Å². The number of benzene rings is 1. The van der Waals surface area contributed by atoms with Crippen molar-refractivity contribution in [3.05, 3.63) is 59.1 Å². The molecule has 0 saturated carbocycles. The van der Waals surface area contributed by atoms with Crippen LogP contribution in [0.2, 0.25) is 0 Å². The largest absolute Gasteiger partial charge is 0.497 e. The van der Waals surface area contributed by atoms with Crippen molar-refractivity contribution >= 4 is 5.71 Å². The van der Waals surface area contributed by atoms with Gasteiger partial charge in [0.2, 0.25) is 0 Å². The number of hydrogen-bond acceptors (Lipinski definition) is 5. The lowest BCUT2D eigenvalue weighted by Gasteiger charge is -2.08. The molecule has 0 spiro atoms. The van der Waals surface area contributed by atoms with Crippen molar-refractivity contribution in [1.29, 1.82) is 5.41 Å². The van der Waals surface area contributed by atoms with E-state index in [-0.39, 0.29) is 0 Å². The summed E-state index contributed by atoms with van der Waals surface area (Å²) in [6, 6.07) is 7.88. The van der Waals surface area contributed by atoms with Gasteiger partial charge in [-0.3, -0.25) is 10.1 Å². The van der Waals surface area contributed by atoms with Crippen molar-refractivity contribution in [2.75, 3.05) is 20.3 Å². The van der Waals surface area contributed by atoms with Gasteiger partial charge in [0.15, 0.2) is 0 Å². The molecule has 0 unspecified atom stereocenters. The molecule has 0 saturated heterocycles. The Labute approximate surface area is 141 Å². The maximum atomic E-state index is 8.43. The van der Waals surface area contributed by atoms with Crippen LogP contribution < -0.4 is 10.5 Å². The average molecular weight is 326 g/mol. The number of ether oxygens (including phenoxy) is 2. The van der Waals surface area contributed by atoms with Crippen molar-refractivity contribution in [3.63, 3.8) is 0 Å². The number of rotatable bonds is 5. The Morgan fingerprint density at radius 1 is 1.29 bits per heavy atom. The fourth-order valence-electron chi connectivity index (χ4n) is 2.73. The Morgan fingerprint density at radius 2 is 2.04 bits per heavy atom. The summed E-state index contributed by atoms with van der Waals surface area (Å²) in [5.74, 6) is 0.833. The molecule has 3 N–H and O–H groups in total. The van der Waals surface area contributed by atoms with E-state index in [1.165, 1.54) is 0 Å². The lowest BCUT2D eigenvalue weighted by atomic mass is 10.00. The lowest BCUT2D eigenvalue weighted by molar-refractivity contribution is 0.146. The molecular formula is C18H22N4O2. The molecular weight excluding hydrogens is 304 g/mol. The molecule has 0 bridgehead atoms. The number of hydrogen-bond donors (Lipinski definition) is 2. The summed E-state index contributed by atoms with van der Waals surface area (Å²) < 4.78 is 12.4. The molecule has 3 rings (SSSR count). The Morgan fingerprint density at radius 3 is 2.79 bits per heavy atom. The van der Waals surface area contributed by atoms with Crippen LogP contribution in [0.1, 0.15) is 24.0 Å². The molecule has 0 amide bonds. The van der Waals surface area contributed by atoms with Crippen molar-refractivity contribution in [1.82, 2.24) is 9.78 Å². The number of aromatic nitrogens is 2. The van der Waals surface area contributed by atoms with E-state index >= 15 is 0 Å². The number of nitrogens with two attached hydrogens (primary N) is 1. The van der Waals surface area contributed by atoms with E-state index in [1.54, 1.807) is 13.3 Å². The lowest BCUT2D eigenvalue weighted by Crippen LogP contribution is -2.11. The minimum absolute atomic E-state index is 0.444. The van der Waals surface area contributed by atoms with Crippen molar-refractivity contribution < 1.29 is 9.47 Å². The second kappa shape index (κ2) is 7.31. The molecule has 126 valence electrons. The summed E-state index contributed by atoms with van der Waals surface area (Å²) in [6.07, 6.45) is 4.96. The molecule has 1 aliphatic heterocycles. The van der Waals surface area contributed by atoms with E-state index in [0.717, 1.165) is 28.1 Å². The predicted octanol–water partition coefficient (Wildman–Crippen LogP) is 2.33. The van der Waals surface area contributed by atoms with E-state index in [2.05, 4.69) is 5.10 Å². The zero-order valence-corrected chi connectivity index (χ0v) is 13.8. The highest BCUT2D eigenvalue weighted by molar-refractivity contribution is 6.10. The monoisotopic (exact) mass is 326 g/mol. The number of nitrogens with zero attached hydrogens (tertiary/aromatic N) is 2. The first-order chi connectivity index (χ1) is 11.7. The van der Waals surface area contributed by atoms with Gasteiger partial charge >= 0.3 is 0 Å². The quantitative estimate of drug-likeness (QED) is 0.826. The molecule has 0 radical (unpaired) electrons. The summed E-state index contributed by atoms with van der Waals surface area (Å²) in [6.45, 7) is 1.88. The molecule has 1 aromatic carbocycles. The van der Waals surface area contributed by atoms with Crippen molar-refractivity contribution in [2.45, 2.75) is 19.4 Å². The molecule has 0 atom stereocenters. The third-order valence-electron chi connectivity index (χ3n) is 4.13. The van der Waals surface area contributed by atoms with E-state index in [9.17, 15) is 0 Å². The topological polar surface area (TPSA) is 86.2 Å². The Kier molecular flexibility index (Phi) is 4.96. The molecule has 6 heteroatoms. The maximum Gasteiger partial charge on any atom is 0.118 e. The first kappa shape index (κ1) is 16.3. The first-order valence-corrected chi connectivity index (χ1v) is 7.97. The van der Waals surface area contributed by atoms with Gasteiger partial charge in [0, 0.05) is 23.9 Å². The van der Waals surface area contributed by atoms with Gasteiger partial charge in [0.1, 0.15) is 5.75 Å². The van der Waals surface area contributed by atoms with Gasteiger partial charge in [-0.05, 0) is 29.7 Å². The minimum atomic E-state index is 0.444. The molecule has 2 aromatic rings. The van der Waals surface area contributed by atoms with Crippen LogP contribution in [0, 0.1) is 5.41 Å². The summed E-state index contributed by atoms with van der Waals surface area (Å²) in [4.78, 5) is 0. The van der Waals surface area contributed by atoms with Gasteiger partial charge in [-0.2, -0.15) is 5.10 Å². The summed E-state index contributed by atoms with van der Waals surface area (Å²) >= 11 is 0. The molecule has 0 aliphatic carbocycles. The van der Waals surface area contributed by atoms with Gasteiger partial charge in [-0.1, -0.05) is 12.1 Å². The van der Waals surface area contributed by atoms with Crippen molar-refractivity contribution in [2.24, 2.45) is 5.73 Å². The van der Waals surface area contributed by atoms with Crippen LogP contribution in [0.4, 0.5) is 0 Å². The number of nitrogens with one attached hydrogen (secondary N) is 1. The minimum Gasteiger partial charge on any atom is -0.497 e. The smallest absolute Gasteiger partial charge is 0.118 e. The van der Waals surface area contributed by atoms with Crippen LogP contribution in [0.25, 0.3) is 0 Å². The van der Waals surface area contributed by atoms with Crippen LogP contribution >= 0.6 is 0 Å². The molecule has 24 heavy (non-hydrogen) atoms. The van der Waals surface area contributed by atoms with Crippen LogP contribution in [0.15, 0.2) is 47.9 Å². The van der Waals surface area contributed by atoms with Gasteiger partial charge < -0.3 is 15.2 Å². The Bertz CT molecular complexity index is 747. The van der Waals surface area contributed by atoms with Gasteiger partial charge in [-0.25, -0.2) is 0 Å².